The Morgan fingerprint density at radius 2 is 1.85 bits per heavy atom. The van der Waals surface area contributed by atoms with Crippen molar-refractivity contribution in [2.75, 3.05) is 6.61 Å². The lowest BCUT2D eigenvalue weighted by molar-refractivity contribution is -0.142. The lowest BCUT2D eigenvalue weighted by Crippen LogP contribution is -2.04. The van der Waals surface area contributed by atoms with Gasteiger partial charge in [-0.05, 0) is 42.0 Å². The number of carbonyl (C=O) groups is 2. The molecule has 0 unspecified atom stereocenters. The predicted octanol–water partition coefficient (Wildman–Crippen LogP) is 4.45. The van der Waals surface area contributed by atoms with Gasteiger partial charge in [-0.15, -0.1) is 0 Å². The summed E-state index contributed by atoms with van der Waals surface area (Å²) in [5.41, 5.74) is 4.73. The van der Waals surface area contributed by atoms with Crippen LogP contribution in [0.15, 0.2) is 55.1 Å². The molecular weight excluding hydrogens is 328 g/mol. The smallest absolute Gasteiger partial charge is 0.335 e. The summed E-state index contributed by atoms with van der Waals surface area (Å²) >= 11 is 0. The summed E-state index contributed by atoms with van der Waals surface area (Å²) in [6, 6.07) is 14.1. The van der Waals surface area contributed by atoms with Crippen molar-refractivity contribution in [2.24, 2.45) is 0 Å². The molecule has 0 N–H and O–H groups in total. The summed E-state index contributed by atoms with van der Waals surface area (Å²) in [5.74, 6) is 0.190. The molecule has 0 bridgehead atoms. The zero-order valence-corrected chi connectivity index (χ0v) is 14.7. The third-order valence-electron chi connectivity index (χ3n) is 4.47. The molecule has 134 valence electrons. The van der Waals surface area contributed by atoms with E-state index in [1.54, 1.807) is 0 Å². The second kappa shape index (κ2) is 8.48. The lowest BCUT2D eigenvalue weighted by atomic mass is 10.1. The topological polar surface area (TPSA) is 52.6 Å². The van der Waals surface area contributed by atoms with Gasteiger partial charge in [-0.25, -0.2) is 4.79 Å². The van der Waals surface area contributed by atoms with Crippen LogP contribution >= 0.6 is 0 Å². The highest BCUT2D eigenvalue weighted by Gasteiger charge is 2.21. The van der Waals surface area contributed by atoms with E-state index in [1.807, 2.05) is 24.3 Å². The molecule has 4 nitrogen and oxygen atoms in total. The summed E-state index contributed by atoms with van der Waals surface area (Å²) in [6.45, 7) is 4.05. The van der Waals surface area contributed by atoms with E-state index in [-0.39, 0.29) is 5.97 Å². The van der Waals surface area contributed by atoms with E-state index in [4.69, 9.17) is 9.47 Å². The Hall–Kier alpha value is -2.88. The number of hydrogen-bond acceptors (Lipinski definition) is 4. The van der Waals surface area contributed by atoms with Gasteiger partial charge in [-0.2, -0.15) is 0 Å². The molecule has 0 saturated carbocycles. The number of rotatable bonds is 2. The van der Waals surface area contributed by atoms with Crippen molar-refractivity contribution in [3.05, 3.63) is 66.2 Å². The van der Waals surface area contributed by atoms with E-state index in [1.165, 1.54) is 17.2 Å². The van der Waals surface area contributed by atoms with E-state index < -0.39 is 5.97 Å². The van der Waals surface area contributed by atoms with Crippen LogP contribution in [-0.4, -0.2) is 18.5 Å². The first-order valence-corrected chi connectivity index (χ1v) is 8.89. The molecule has 1 fully saturated rings. The first-order chi connectivity index (χ1) is 12.7. The first kappa shape index (κ1) is 17.9. The van der Waals surface area contributed by atoms with Crippen LogP contribution in [0.3, 0.4) is 0 Å². The highest BCUT2D eigenvalue weighted by molar-refractivity contribution is 5.85. The molecule has 2 aromatic rings. The summed E-state index contributed by atoms with van der Waals surface area (Å²) < 4.78 is 10.0. The number of carbonyl (C=O) groups excluding carboxylic acids is 2. The van der Waals surface area contributed by atoms with Gasteiger partial charge in [0.15, 0.2) is 0 Å². The number of esters is 2. The molecule has 1 heterocycles. The Labute approximate surface area is 153 Å². The molecule has 4 rings (SSSR count). The number of ether oxygens (including phenoxy) is 2. The standard InChI is InChI=1S/C16H12O2.C6H10O2/c1-2-16(17)18-15-9-5-8-13-12-7-4-3-6-11(12)10-14(13)15;7-6-4-2-1-3-5-8-6/h2-9H,1,10H2;1-5H2. The van der Waals surface area contributed by atoms with Gasteiger partial charge in [0.05, 0.1) is 6.61 Å². The molecule has 2 aromatic carbocycles. The highest BCUT2D eigenvalue weighted by Crippen LogP contribution is 2.40. The molecule has 2 aliphatic rings. The maximum absolute atomic E-state index is 11.3. The van der Waals surface area contributed by atoms with Gasteiger partial charge in [0.25, 0.3) is 0 Å². The van der Waals surface area contributed by atoms with Crippen molar-refractivity contribution >= 4 is 11.9 Å². The maximum Gasteiger partial charge on any atom is 0.335 e. The van der Waals surface area contributed by atoms with E-state index in [0.717, 1.165) is 36.8 Å². The number of fused-ring (bicyclic) bond motifs is 3. The van der Waals surface area contributed by atoms with E-state index in [0.29, 0.717) is 18.8 Å². The Balaban J connectivity index is 0.000000206. The van der Waals surface area contributed by atoms with Gasteiger partial charge >= 0.3 is 11.9 Å². The molecule has 0 radical (unpaired) electrons. The number of hydrogen-bond donors (Lipinski definition) is 0. The third-order valence-corrected chi connectivity index (χ3v) is 4.47. The van der Waals surface area contributed by atoms with Gasteiger partial charge < -0.3 is 9.47 Å². The molecule has 1 aliphatic heterocycles. The molecule has 0 aromatic heterocycles. The summed E-state index contributed by atoms with van der Waals surface area (Å²) in [7, 11) is 0. The van der Waals surface area contributed by atoms with Gasteiger partial charge in [-0.3, -0.25) is 4.79 Å². The van der Waals surface area contributed by atoms with Crippen molar-refractivity contribution in [3.8, 4) is 16.9 Å². The summed E-state index contributed by atoms with van der Waals surface area (Å²) in [4.78, 5) is 21.8. The van der Waals surface area contributed by atoms with Crippen LogP contribution < -0.4 is 4.74 Å². The van der Waals surface area contributed by atoms with Crippen LogP contribution in [0.1, 0.15) is 36.8 Å². The normalized spacial score (nSPS) is 14.7. The lowest BCUT2D eigenvalue weighted by Gasteiger charge is -2.07. The quantitative estimate of drug-likeness (QED) is 0.389. The van der Waals surface area contributed by atoms with Gasteiger partial charge in [-0.1, -0.05) is 43.0 Å². The van der Waals surface area contributed by atoms with Gasteiger partial charge in [0, 0.05) is 24.5 Å². The number of benzene rings is 2. The molecule has 0 atom stereocenters. The largest absolute Gasteiger partial charge is 0.466 e. The first-order valence-electron chi connectivity index (χ1n) is 8.89. The minimum Gasteiger partial charge on any atom is -0.466 e. The van der Waals surface area contributed by atoms with Crippen LogP contribution in [0, 0.1) is 0 Å². The van der Waals surface area contributed by atoms with Crippen molar-refractivity contribution in [1.82, 2.24) is 0 Å². The van der Waals surface area contributed by atoms with Crippen LogP contribution in [-0.2, 0) is 20.7 Å². The molecule has 0 spiro atoms. The van der Waals surface area contributed by atoms with Crippen LogP contribution in [0.25, 0.3) is 11.1 Å². The van der Waals surface area contributed by atoms with Crippen LogP contribution in [0.2, 0.25) is 0 Å². The fourth-order valence-corrected chi connectivity index (χ4v) is 3.18. The fourth-order valence-electron chi connectivity index (χ4n) is 3.18. The Kier molecular flexibility index (Phi) is 5.84. The summed E-state index contributed by atoms with van der Waals surface area (Å²) in [5, 5.41) is 0. The predicted molar refractivity (Wildman–Crippen MR) is 99.9 cm³/mol. The molecule has 1 aliphatic carbocycles. The van der Waals surface area contributed by atoms with E-state index >= 15 is 0 Å². The van der Waals surface area contributed by atoms with Crippen molar-refractivity contribution in [2.45, 2.75) is 32.1 Å². The zero-order chi connectivity index (χ0) is 18.4. The van der Waals surface area contributed by atoms with Crippen molar-refractivity contribution in [1.29, 1.82) is 0 Å². The van der Waals surface area contributed by atoms with E-state index in [9.17, 15) is 9.59 Å². The Morgan fingerprint density at radius 3 is 2.69 bits per heavy atom. The van der Waals surface area contributed by atoms with Crippen molar-refractivity contribution < 1.29 is 19.1 Å². The highest BCUT2D eigenvalue weighted by atomic mass is 16.5. The Bertz CT molecular complexity index is 813. The minimum atomic E-state index is -0.417. The van der Waals surface area contributed by atoms with Gasteiger partial charge in [0.2, 0.25) is 0 Å². The second-order valence-corrected chi connectivity index (χ2v) is 6.27. The monoisotopic (exact) mass is 350 g/mol. The van der Waals surface area contributed by atoms with E-state index in [2.05, 4.69) is 24.8 Å². The maximum atomic E-state index is 11.3. The van der Waals surface area contributed by atoms with Gasteiger partial charge in [0.1, 0.15) is 5.75 Å². The van der Waals surface area contributed by atoms with Crippen LogP contribution in [0.4, 0.5) is 0 Å². The Morgan fingerprint density at radius 1 is 1.04 bits per heavy atom. The zero-order valence-electron chi connectivity index (χ0n) is 14.7. The molecular formula is C22H22O4. The fraction of sp³-hybridized carbons (Fsp3) is 0.273. The average Bonchev–Trinajstić information content (AvgIpc) is 2.88. The molecule has 1 saturated heterocycles. The average molecular weight is 350 g/mol. The minimum absolute atomic E-state index is 0.0255. The van der Waals surface area contributed by atoms with Crippen LogP contribution in [0.5, 0.6) is 5.75 Å². The summed E-state index contributed by atoms with van der Waals surface area (Å²) in [6.07, 6.45) is 5.82. The molecule has 26 heavy (non-hydrogen) atoms. The SMILES string of the molecule is C=CC(=O)Oc1cccc2c1Cc1ccccc1-2.O=C1CCCCCO1. The molecule has 4 heteroatoms. The second-order valence-electron chi connectivity index (χ2n) is 6.27. The molecule has 0 amide bonds. The van der Waals surface area contributed by atoms with Crippen molar-refractivity contribution in [3.63, 3.8) is 0 Å². The number of cyclic esters (lactones) is 1. The third kappa shape index (κ3) is 4.20.